The first-order valence-corrected chi connectivity index (χ1v) is 8.02. The lowest BCUT2D eigenvalue weighted by molar-refractivity contribution is 0.403. The first-order valence-electron chi connectivity index (χ1n) is 8.02. The predicted molar refractivity (Wildman–Crippen MR) is 93.2 cm³/mol. The van der Waals surface area contributed by atoms with Gasteiger partial charge in [-0.25, -0.2) is 9.50 Å². The van der Waals surface area contributed by atoms with Crippen molar-refractivity contribution in [3.63, 3.8) is 0 Å². The van der Waals surface area contributed by atoms with Gasteiger partial charge in [-0.2, -0.15) is 0 Å². The molecule has 0 fully saturated rings. The number of ether oxygens (including phenoxy) is 1. The van der Waals surface area contributed by atoms with Gasteiger partial charge in [-0.1, -0.05) is 26.0 Å². The van der Waals surface area contributed by atoms with Gasteiger partial charge in [-0.3, -0.25) is 9.89 Å². The van der Waals surface area contributed by atoms with E-state index in [1.54, 1.807) is 25.4 Å². The minimum absolute atomic E-state index is 0.104. The quantitative estimate of drug-likeness (QED) is 0.730. The van der Waals surface area contributed by atoms with Gasteiger partial charge in [0.15, 0.2) is 5.65 Å². The van der Waals surface area contributed by atoms with E-state index in [0.29, 0.717) is 18.1 Å². The maximum Gasteiger partial charge on any atom is 0.272 e. The van der Waals surface area contributed by atoms with Crippen molar-refractivity contribution in [2.75, 3.05) is 7.11 Å². The number of nitrogens with zero attached hydrogens (tertiary/aromatic N) is 2. The fraction of sp³-hybridized carbons (Fsp3) is 0.333. The van der Waals surface area contributed by atoms with Crippen LogP contribution in [0.1, 0.15) is 31.1 Å². The lowest BCUT2D eigenvalue weighted by atomic mass is 9.96. The summed E-state index contributed by atoms with van der Waals surface area (Å²) < 4.78 is 6.64. The zero-order chi connectivity index (χ0) is 17.1. The van der Waals surface area contributed by atoms with Crippen LogP contribution < -0.4 is 15.6 Å². The summed E-state index contributed by atoms with van der Waals surface area (Å²) in [7, 11) is 1.66. The Bertz CT molecular complexity index is 865. The summed E-state index contributed by atoms with van der Waals surface area (Å²) in [4.78, 5) is 16.5. The minimum Gasteiger partial charge on any atom is -0.497 e. The molecule has 126 valence electrons. The summed E-state index contributed by atoms with van der Waals surface area (Å²) in [6.07, 6.45) is 1.70. The molecule has 0 aliphatic carbocycles. The lowest BCUT2D eigenvalue weighted by Crippen LogP contribution is -2.27. The summed E-state index contributed by atoms with van der Waals surface area (Å²) in [5, 5.41) is 6.36. The summed E-state index contributed by atoms with van der Waals surface area (Å²) in [5.74, 6) is 1.24. The SMILES string of the molecule is COc1ccc([C@H](NCc2cc(=O)n3[nH]ccc3n2)C(C)C)cc1. The second-order valence-electron chi connectivity index (χ2n) is 6.12. The van der Waals surface area contributed by atoms with E-state index >= 15 is 0 Å². The molecule has 0 aliphatic rings. The van der Waals surface area contributed by atoms with Gasteiger partial charge in [0.1, 0.15) is 5.75 Å². The van der Waals surface area contributed by atoms with Crippen LogP contribution in [0.25, 0.3) is 5.65 Å². The van der Waals surface area contributed by atoms with Crippen LogP contribution in [-0.2, 0) is 6.54 Å². The van der Waals surface area contributed by atoms with Gasteiger partial charge in [0.25, 0.3) is 5.56 Å². The summed E-state index contributed by atoms with van der Waals surface area (Å²) in [6, 6.07) is 11.6. The molecule has 0 radical (unpaired) electrons. The van der Waals surface area contributed by atoms with Crippen LogP contribution >= 0.6 is 0 Å². The van der Waals surface area contributed by atoms with Crippen molar-refractivity contribution in [3.8, 4) is 5.75 Å². The van der Waals surface area contributed by atoms with E-state index in [9.17, 15) is 4.79 Å². The monoisotopic (exact) mass is 326 g/mol. The summed E-state index contributed by atoms with van der Waals surface area (Å²) >= 11 is 0. The molecule has 0 aliphatic heterocycles. The van der Waals surface area contributed by atoms with E-state index in [2.05, 4.69) is 41.4 Å². The number of aromatic nitrogens is 3. The van der Waals surface area contributed by atoms with E-state index in [1.165, 1.54) is 10.1 Å². The largest absolute Gasteiger partial charge is 0.497 e. The van der Waals surface area contributed by atoms with Crippen LogP contribution in [0.4, 0.5) is 0 Å². The normalized spacial score (nSPS) is 12.7. The Labute approximate surface area is 140 Å². The number of hydrogen-bond acceptors (Lipinski definition) is 4. The Balaban J connectivity index is 1.78. The van der Waals surface area contributed by atoms with E-state index in [0.717, 1.165) is 11.4 Å². The third-order valence-electron chi connectivity index (χ3n) is 4.08. The van der Waals surface area contributed by atoms with Gasteiger partial charge in [-0.15, -0.1) is 0 Å². The lowest BCUT2D eigenvalue weighted by Gasteiger charge is -2.23. The van der Waals surface area contributed by atoms with Crippen LogP contribution in [0.3, 0.4) is 0 Å². The minimum atomic E-state index is -0.104. The van der Waals surface area contributed by atoms with Crippen molar-refractivity contribution in [1.82, 2.24) is 19.9 Å². The van der Waals surface area contributed by atoms with Crippen LogP contribution in [-0.4, -0.2) is 21.7 Å². The van der Waals surface area contributed by atoms with Crippen LogP contribution in [0, 0.1) is 5.92 Å². The van der Waals surface area contributed by atoms with Crippen LogP contribution in [0.2, 0.25) is 0 Å². The first kappa shape index (κ1) is 16.3. The molecule has 0 amide bonds. The number of rotatable bonds is 6. The molecule has 3 rings (SSSR count). The third kappa shape index (κ3) is 3.33. The van der Waals surface area contributed by atoms with Crippen molar-refractivity contribution in [2.45, 2.75) is 26.4 Å². The van der Waals surface area contributed by atoms with Crippen molar-refractivity contribution in [1.29, 1.82) is 0 Å². The Morgan fingerprint density at radius 3 is 2.67 bits per heavy atom. The second-order valence-corrected chi connectivity index (χ2v) is 6.12. The van der Waals surface area contributed by atoms with Gasteiger partial charge >= 0.3 is 0 Å². The van der Waals surface area contributed by atoms with Crippen molar-refractivity contribution in [2.24, 2.45) is 5.92 Å². The smallest absolute Gasteiger partial charge is 0.272 e. The molecular weight excluding hydrogens is 304 g/mol. The average Bonchev–Trinajstić information content (AvgIpc) is 3.04. The van der Waals surface area contributed by atoms with Gasteiger partial charge in [0.2, 0.25) is 0 Å². The number of fused-ring (bicyclic) bond motifs is 1. The number of aromatic amines is 1. The van der Waals surface area contributed by atoms with Gasteiger partial charge in [-0.05, 0) is 23.6 Å². The maximum atomic E-state index is 12.0. The molecule has 3 aromatic rings. The number of hydrogen-bond donors (Lipinski definition) is 2. The molecular formula is C18H22N4O2. The Hall–Kier alpha value is -2.60. The highest BCUT2D eigenvalue weighted by molar-refractivity contribution is 5.36. The molecule has 2 N–H and O–H groups in total. The number of H-pyrrole nitrogens is 1. The highest BCUT2D eigenvalue weighted by atomic mass is 16.5. The molecule has 24 heavy (non-hydrogen) atoms. The fourth-order valence-corrected chi connectivity index (χ4v) is 2.83. The zero-order valence-electron chi connectivity index (χ0n) is 14.1. The molecule has 6 heteroatoms. The molecule has 1 aromatic carbocycles. The topological polar surface area (TPSA) is 71.4 Å². The molecule has 0 saturated carbocycles. The average molecular weight is 326 g/mol. The van der Waals surface area contributed by atoms with Crippen molar-refractivity contribution >= 4 is 5.65 Å². The molecule has 0 bridgehead atoms. The van der Waals surface area contributed by atoms with E-state index in [4.69, 9.17) is 4.74 Å². The highest BCUT2D eigenvalue weighted by Gasteiger charge is 2.16. The molecule has 0 saturated heterocycles. The fourth-order valence-electron chi connectivity index (χ4n) is 2.83. The zero-order valence-corrected chi connectivity index (χ0v) is 14.1. The van der Waals surface area contributed by atoms with E-state index in [-0.39, 0.29) is 11.6 Å². The number of benzene rings is 1. The van der Waals surface area contributed by atoms with E-state index in [1.807, 2.05) is 12.1 Å². The van der Waals surface area contributed by atoms with Gasteiger partial charge < -0.3 is 10.1 Å². The number of nitrogens with one attached hydrogen (secondary N) is 2. The summed E-state index contributed by atoms with van der Waals surface area (Å²) in [5.41, 5.74) is 2.45. The van der Waals surface area contributed by atoms with Crippen LogP contribution in [0.5, 0.6) is 5.75 Å². The molecule has 0 spiro atoms. The Morgan fingerprint density at radius 1 is 1.25 bits per heavy atom. The van der Waals surface area contributed by atoms with Gasteiger partial charge in [0, 0.05) is 30.9 Å². The van der Waals surface area contributed by atoms with Crippen molar-refractivity contribution in [3.05, 3.63) is 64.2 Å². The standard InChI is InChI=1S/C18H22N4O2/c1-12(2)18(13-4-6-15(24-3)7-5-13)19-11-14-10-17(23)22-16(21-14)8-9-20-22/h4-10,12,18-20H,11H2,1-3H3/t18-/m1/s1. The van der Waals surface area contributed by atoms with Gasteiger partial charge in [0.05, 0.1) is 12.8 Å². The Morgan fingerprint density at radius 2 is 2.00 bits per heavy atom. The Kier molecular flexibility index (Phi) is 4.66. The molecule has 6 nitrogen and oxygen atoms in total. The first-order chi connectivity index (χ1) is 11.6. The predicted octanol–water partition coefficient (Wildman–Crippen LogP) is 2.52. The van der Waals surface area contributed by atoms with Crippen molar-refractivity contribution < 1.29 is 4.74 Å². The second kappa shape index (κ2) is 6.88. The molecule has 2 aromatic heterocycles. The van der Waals surface area contributed by atoms with Crippen LogP contribution in [0.15, 0.2) is 47.4 Å². The van der Waals surface area contributed by atoms with E-state index < -0.39 is 0 Å². The molecule has 1 atom stereocenters. The highest BCUT2D eigenvalue weighted by Crippen LogP contribution is 2.24. The number of methoxy groups -OCH3 is 1. The maximum absolute atomic E-state index is 12.0. The molecule has 2 heterocycles. The summed E-state index contributed by atoms with van der Waals surface area (Å²) in [6.45, 7) is 4.87. The molecule has 0 unspecified atom stereocenters. The third-order valence-corrected chi connectivity index (χ3v) is 4.08.